The van der Waals surface area contributed by atoms with Gasteiger partial charge in [0.05, 0.1) is 0 Å². The Kier molecular flexibility index (Phi) is 13.0. The molecule has 6 atom stereocenters. The summed E-state index contributed by atoms with van der Waals surface area (Å²) in [7, 11) is 0. The molecule has 6 unspecified atom stereocenters. The zero-order valence-electron chi connectivity index (χ0n) is 38.6. The molecule has 0 radical (unpaired) electrons. The molecule has 3 saturated heterocycles. The fourth-order valence-electron chi connectivity index (χ4n) is 10.4. The van der Waals surface area contributed by atoms with Gasteiger partial charge in [0.1, 0.15) is 0 Å². The zero-order chi connectivity index (χ0) is 40.8. The average Bonchev–Trinajstić information content (AvgIpc) is 3.06. The third kappa shape index (κ3) is 9.19. The van der Waals surface area contributed by atoms with E-state index in [-0.39, 0.29) is 49.5 Å². The molecule has 9 heteroatoms. The Morgan fingerprint density at radius 1 is 0.463 bits per heavy atom. The molecule has 0 amide bonds. The fraction of sp³-hybridized carbons (Fsp3) is 0.933. The van der Waals surface area contributed by atoms with Crippen molar-refractivity contribution in [2.45, 2.75) is 216 Å². The summed E-state index contributed by atoms with van der Waals surface area (Å²) in [6.45, 7) is 46.0. The van der Waals surface area contributed by atoms with Gasteiger partial charge in [-0.05, 0) is 174 Å². The van der Waals surface area contributed by atoms with Crippen LogP contribution in [0.15, 0.2) is 0 Å². The lowest BCUT2D eigenvalue weighted by Gasteiger charge is -2.54. The van der Waals surface area contributed by atoms with E-state index < -0.39 is 0 Å². The number of nitrogens with zero attached hydrogens (tertiary/aromatic N) is 3. The highest BCUT2D eigenvalue weighted by Gasteiger charge is 2.52. The Labute approximate surface area is 333 Å². The molecule has 3 aliphatic heterocycles. The van der Waals surface area contributed by atoms with Crippen LogP contribution in [0.5, 0.6) is 0 Å². The van der Waals surface area contributed by atoms with Crippen LogP contribution >= 0.6 is 0 Å². The van der Waals surface area contributed by atoms with Crippen LogP contribution in [0.2, 0.25) is 0 Å². The summed E-state index contributed by atoms with van der Waals surface area (Å²) in [5.41, 5.74) is -0.609. The van der Waals surface area contributed by atoms with Crippen molar-refractivity contribution in [1.29, 1.82) is 0 Å². The Morgan fingerprint density at radius 3 is 0.870 bits per heavy atom. The van der Waals surface area contributed by atoms with Crippen molar-refractivity contribution in [3.63, 3.8) is 0 Å². The monoisotopic (exact) mass is 754 g/mol. The summed E-state index contributed by atoms with van der Waals surface area (Å²) in [6.07, 6.45) is 9.73. The smallest absolute Gasteiger partial charge is 0.229 e. The van der Waals surface area contributed by atoms with Crippen molar-refractivity contribution in [3.05, 3.63) is 0 Å². The fourth-order valence-corrected chi connectivity index (χ4v) is 10.4. The van der Waals surface area contributed by atoms with E-state index in [0.29, 0.717) is 35.6 Å². The second-order valence-corrected chi connectivity index (χ2v) is 22.5. The number of hydrogen-bond acceptors (Lipinski definition) is 9. The molecular weight excluding hydrogens is 667 g/mol. The molecule has 0 saturated carbocycles. The summed E-state index contributed by atoms with van der Waals surface area (Å²) >= 11 is 0. The highest BCUT2D eigenvalue weighted by molar-refractivity contribution is 5.47. The van der Waals surface area contributed by atoms with Gasteiger partial charge in [-0.25, -0.2) is 0 Å². The molecular formula is C45H87N9. The lowest BCUT2D eigenvalue weighted by atomic mass is 9.60. The highest BCUT2D eigenvalue weighted by Crippen LogP contribution is 2.50. The minimum Gasteiger partial charge on any atom is -0.348 e. The SMILES string of the molecule is CCC(C)(C)C(C)(Nc1nc(NC(C)(C2CCNC(C)(C)C2)C(C)(C)CC)nc(NC(C)(C2CCNC(C)(C)C2)C(C)(C)CC)n1)C1CCNC(C)(C)C1. The zero-order valence-corrected chi connectivity index (χ0v) is 38.6. The van der Waals surface area contributed by atoms with Gasteiger partial charge in [-0.2, -0.15) is 15.0 Å². The van der Waals surface area contributed by atoms with Crippen LogP contribution in [0.25, 0.3) is 0 Å². The third-order valence-electron chi connectivity index (χ3n) is 16.6. The minimum atomic E-state index is -0.257. The van der Waals surface area contributed by atoms with Crippen LogP contribution in [0, 0.1) is 34.0 Å². The van der Waals surface area contributed by atoms with E-state index >= 15 is 0 Å². The van der Waals surface area contributed by atoms with Crippen molar-refractivity contribution < 1.29 is 0 Å². The topological polar surface area (TPSA) is 111 Å². The summed E-state index contributed by atoms with van der Waals surface area (Å²) in [5, 5.41) is 23.7. The Bertz CT molecular complexity index is 1240. The predicted molar refractivity (Wildman–Crippen MR) is 233 cm³/mol. The van der Waals surface area contributed by atoms with E-state index in [1.807, 2.05) is 0 Å². The van der Waals surface area contributed by atoms with Crippen molar-refractivity contribution in [3.8, 4) is 0 Å². The average molecular weight is 754 g/mol. The van der Waals surface area contributed by atoms with E-state index in [0.717, 1.165) is 77.4 Å². The molecule has 4 heterocycles. The number of nitrogens with one attached hydrogen (secondary N) is 6. The molecule has 312 valence electrons. The first kappa shape index (κ1) is 45.0. The summed E-state index contributed by atoms with van der Waals surface area (Å²) in [5.74, 6) is 3.32. The van der Waals surface area contributed by atoms with Crippen LogP contribution in [0.3, 0.4) is 0 Å². The summed E-state index contributed by atoms with van der Waals surface area (Å²) in [6, 6.07) is 0. The van der Waals surface area contributed by atoms with Gasteiger partial charge in [0.15, 0.2) is 0 Å². The first-order chi connectivity index (χ1) is 24.6. The summed E-state index contributed by atoms with van der Waals surface area (Å²) in [4.78, 5) is 16.2. The van der Waals surface area contributed by atoms with Crippen molar-refractivity contribution in [1.82, 2.24) is 30.9 Å². The van der Waals surface area contributed by atoms with Gasteiger partial charge in [0.25, 0.3) is 0 Å². The molecule has 1 aromatic heterocycles. The molecule has 1 aromatic rings. The van der Waals surface area contributed by atoms with Gasteiger partial charge in [0, 0.05) is 33.2 Å². The Morgan fingerprint density at radius 2 is 0.685 bits per heavy atom. The number of anilines is 3. The van der Waals surface area contributed by atoms with Gasteiger partial charge in [-0.3, -0.25) is 0 Å². The first-order valence-corrected chi connectivity index (χ1v) is 22.0. The number of rotatable bonds is 15. The maximum Gasteiger partial charge on any atom is 0.229 e. The van der Waals surface area contributed by atoms with E-state index in [2.05, 4.69) is 157 Å². The van der Waals surface area contributed by atoms with Crippen molar-refractivity contribution in [2.75, 3.05) is 35.6 Å². The van der Waals surface area contributed by atoms with Crippen molar-refractivity contribution in [2.24, 2.45) is 34.0 Å². The van der Waals surface area contributed by atoms with Gasteiger partial charge < -0.3 is 31.9 Å². The molecule has 3 fully saturated rings. The van der Waals surface area contributed by atoms with Gasteiger partial charge in [-0.1, -0.05) is 62.3 Å². The third-order valence-corrected chi connectivity index (χ3v) is 16.6. The second-order valence-electron chi connectivity index (χ2n) is 22.5. The van der Waals surface area contributed by atoms with Crippen molar-refractivity contribution >= 4 is 17.8 Å². The molecule has 3 aliphatic rings. The molecule has 0 bridgehead atoms. The van der Waals surface area contributed by atoms with Gasteiger partial charge in [0.2, 0.25) is 17.8 Å². The normalized spacial score (nSPS) is 28.2. The van der Waals surface area contributed by atoms with Crippen LogP contribution in [0.1, 0.15) is 182 Å². The van der Waals surface area contributed by atoms with E-state index in [4.69, 9.17) is 15.0 Å². The largest absolute Gasteiger partial charge is 0.348 e. The van der Waals surface area contributed by atoms with E-state index in [1.54, 1.807) is 0 Å². The number of aromatic nitrogens is 3. The molecule has 0 spiro atoms. The van der Waals surface area contributed by atoms with Crippen LogP contribution in [0.4, 0.5) is 17.8 Å². The molecule has 4 rings (SSSR count). The first-order valence-electron chi connectivity index (χ1n) is 22.0. The standard InChI is InChI=1S/C45H87N9/c1-19-37(4,5)43(16,31-22-25-46-40(10,11)28-31)52-34-49-35(53-44(17,38(6,7)20-2)32-23-26-47-41(12,13)29-32)51-36(50-34)54-45(18,39(8,9)21-3)33-24-27-48-42(14,15)30-33/h31-33,46-48H,19-30H2,1-18H3,(H3,49,50,51,52,53,54). The minimum absolute atomic E-state index is 0.0162. The molecule has 0 aliphatic carbocycles. The van der Waals surface area contributed by atoms with Crippen LogP contribution in [-0.4, -0.2) is 67.8 Å². The highest BCUT2D eigenvalue weighted by atomic mass is 15.3. The van der Waals surface area contributed by atoms with Gasteiger partial charge >= 0.3 is 0 Å². The Hall–Kier alpha value is -1.71. The van der Waals surface area contributed by atoms with E-state index in [1.165, 1.54) is 0 Å². The van der Waals surface area contributed by atoms with Gasteiger partial charge in [-0.15, -0.1) is 0 Å². The lowest BCUT2D eigenvalue weighted by Crippen LogP contribution is -2.61. The summed E-state index contributed by atoms with van der Waals surface area (Å²) < 4.78 is 0. The maximum absolute atomic E-state index is 5.38. The molecule has 54 heavy (non-hydrogen) atoms. The maximum atomic E-state index is 5.38. The number of piperidine rings is 3. The lowest BCUT2D eigenvalue weighted by molar-refractivity contribution is 0.0740. The second kappa shape index (κ2) is 15.6. The number of hydrogen-bond donors (Lipinski definition) is 6. The van der Waals surface area contributed by atoms with Crippen LogP contribution < -0.4 is 31.9 Å². The quantitative estimate of drug-likeness (QED) is 0.104. The molecule has 9 nitrogen and oxygen atoms in total. The molecule has 0 aromatic carbocycles. The van der Waals surface area contributed by atoms with E-state index in [9.17, 15) is 0 Å². The Balaban J connectivity index is 1.91. The predicted octanol–water partition coefficient (Wildman–Crippen LogP) is 10.0. The molecule has 6 N–H and O–H groups in total. The van der Waals surface area contributed by atoms with Crippen LogP contribution in [-0.2, 0) is 0 Å².